The molecule has 1 saturated heterocycles. The van der Waals surface area contributed by atoms with Gasteiger partial charge in [0.1, 0.15) is 11.3 Å². The lowest BCUT2D eigenvalue weighted by Crippen LogP contribution is -2.50. The topological polar surface area (TPSA) is 71.1 Å². The zero-order chi connectivity index (χ0) is 19.0. The van der Waals surface area contributed by atoms with Crippen LogP contribution in [0.4, 0.5) is 0 Å². The van der Waals surface area contributed by atoms with Crippen molar-refractivity contribution >= 4 is 17.5 Å². The van der Waals surface area contributed by atoms with Crippen LogP contribution in [-0.4, -0.2) is 57.2 Å². The molecule has 7 nitrogen and oxygen atoms in total. The minimum Gasteiger partial charge on any atom is -0.459 e. The maximum Gasteiger partial charge on any atom is 0.289 e. The van der Waals surface area contributed by atoms with Crippen molar-refractivity contribution in [1.29, 1.82) is 0 Å². The number of rotatable bonds is 3. The van der Waals surface area contributed by atoms with Gasteiger partial charge in [0.2, 0.25) is 0 Å². The second-order valence-corrected chi connectivity index (χ2v) is 6.71. The number of amides is 2. The van der Waals surface area contributed by atoms with Crippen molar-refractivity contribution in [2.24, 2.45) is 0 Å². The Hall–Kier alpha value is -3.09. The molecule has 3 aromatic heterocycles. The van der Waals surface area contributed by atoms with Crippen LogP contribution in [0.25, 0.3) is 5.65 Å². The van der Waals surface area contributed by atoms with E-state index in [1.165, 1.54) is 6.26 Å². The van der Waals surface area contributed by atoms with Crippen LogP contribution < -0.4 is 0 Å². The van der Waals surface area contributed by atoms with Crippen LogP contribution in [0.1, 0.15) is 39.2 Å². The number of hydrogen-bond donors (Lipinski definition) is 0. The molecule has 0 atom stereocenters. The summed E-state index contributed by atoms with van der Waals surface area (Å²) in [5.74, 6) is 0.169. The number of aryl methyl sites for hydroxylation is 2. The number of fused-ring (bicyclic) bond motifs is 1. The molecule has 0 radical (unpaired) electrons. The molecular weight excluding hydrogens is 344 g/mol. The van der Waals surface area contributed by atoms with Gasteiger partial charge in [0, 0.05) is 32.4 Å². The van der Waals surface area contributed by atoms with Gasteiger partial charge >= 0.3 is 0 Å². The Kier molecular flexibility index (Phi) is 4.43. The number of aromatic nitrogens is 2. The first kappa shape index (κ1) is 17.3. The van der Waals surface area contributed by atoms with Gasteiger partial charge < -0.3 is 14.2 Å². The maximum absolute atomic E-state index is 13.2. The van der Waals surface area contributed by atoms with Crippen molar-refractivity contribution in [3.8, 4) is 0 Å². The van der Waals surface area contributed by atoms with Crippen LogP contribution in [0.5, 0.6) is 0 Å². The summed E-state index contributed by atoms with van der Waals surface area (Å²) in [5, 5.41) is 0. The van der Waals surface area contributed by atoms with Gasteiger partial charge in [-0.3, -0.25) is 14.0 Å². The van der Waals surface area contributed by atoms with E-state index < -0.39 is 0 Å². The van der Waals surface area contributed by atoms with Gasteiger partial charge in [-0.05, 0) is 37.1 Å². The van der Waals surface area contributed by atoms with E-state index in [0.29, 0.717) is 44.1 Å². The van der Waals surface area contributed by atoms with E-state index in [2.05, 4.69) is 4.98 Å². The zero-order valence-corrected chi connectivity index (χ0v) is 15.5. The van der Waals surface area contributed by atoms with Crippen LogP contribution in [-0.2, 0) is 6.42 Å². The average Bonchev–Trinajstić information content (AvgIpc) is 3.35. The fraction of sp³-hybridized carbons (Fsp3) is 0.350. The largest absolute Gasteiger partial charge is 0.459 e. The number of pyridine rings is 1. The summed E-state index contributed by atoms with van der Waals surface area (Å²) < 4.78 is 7.07. The quantitative estimate of drug-likeness (QED) is 0.714. The van der Waals surface area contributed by atoms with E-state index >= 15 is 0 Å². The van der Waals surface area contributed by atoms with E-state index in [1.54, 1.807) is 21.9 Å². The molecule has 0 aliphatic carbocycles. The summed E-state index contributed by atoms with van der Waals surface area (Å²) in [5.41, 5.74) is 3.30. The van der Waals surface area contributed by atoms with Crippen molar-refractivity contribution in [2.75, 3.05) is 26.2 Å². The van der Waals surface area contributed by atoms with Crippen LogP contribution in [0, 0.1) is 6.92 Å². The first-order valence-corrected chi connectivity index (χ1v) is 9.18. The Labute approximate surface area is 157 Å². The molecular formula is C20H22N4O3. The lowest BCUT2D eigenvalue weighted by Gasteiger charge is -2.34. The Balaban J connectivity index is 1.54. The smallest absolute Gasteiger partial charge is 0.289 e. The van der Waals surface area contributed by atoms with E-state index in [1.807, 2.05) is 36.6 Å². The Bertz CT molecular complexity index is 982. The van der Waals surface area contributed by atoms with Crippen molar-refractivity contribution in [3.63, 3.8) is 0 Å². The lowest BCUT2D eigenvalue weighted by molar-refractivity contribution is 0.0514. The Morgan fingerprint density at radius 1 is 1.07 bits per heavy atom. The van der Waals surface area contributed by atoms with Gasteiger partial charge in [-0.25, -0.2) is 4.98 Å². The highest BCUT2D eigenvalue weighted by atomic mass is 16.3. The Morgan fingerprint density at radius 3 is 2.41 bits per heavy atom. The molecule has 0 unspecified atom stereocenters. The molecule has 0 saturated carbocycles. The molecule has 0 aromatic carbocycles. The van der Waals surface area contributed by atoms with Crippen molar-refractivity contribution < 1.29 is 14.0 Å². The van der Waals surface area contributed by atoms with Crippen LogP contribution >= 0.6 is 0 Å². The second-order valence-electron chi connectivity index (χ2n) is 6.71. The minimum atomic E-state index is -0.133. The van der Waals surface area contributed by atoms with Crippen LogP contribution in [0.2, 0.25) is 0 Å². The number of nitrogens with zero attached hydrogens (tertiary/aromatic N) is 4. The van der Waals surface area contributed by atoms with E-state index in [9.17, 15) is 9.59 Å². The molecule has 1 aliphatic rings. The molecule has 2 amide bonds. The number of imidazole rings is 1. The van der Waals surface area contributed by atoms with Crippen LogP contribution in [0.3, 0.4) is 0 Å². The summed E-state index contributed by atoms with van der Waals surface area (Å²) in [7, 11) is 0. The van der Waals surface area contributed by atoms with E-state index in [4.69, 9.17) is 4.42 Å². The molecule has 27 heavy (non-hydrogen) atoms. The lowest BCUT2D eigenvalue weighted by atomic mass is 10.2. The van der Waals surface area contributed by atoms with Gasteiger partial charge in [-0.15, -0.1) is 0 Å². The monoisotopic (exact) mass is 366 g/mol. The van der Waals surface area contributed by atoms with Crippen molar-refractivity contribution in [1.82, 2.24) is 19.2 Å². The maximum atomic E-state index is 13.2. The minimum absolute atomic E-state index is 0.0324. The number of furan rings is 1. The number of carbonyl (C=O) groups excluding carboxylic acids is 2. The molecule has 7 heteroatoms. The van der Waals surface area contributed by atoms with Gasteiger partial charge in [0.15, 0.2) is 5.76 Å². The summed E-state index contributed by atoms with van der Waals surface area (Å²) in [6, 6.07) is 7.29. The van der Waals surface area contributed by atoms with E-state index in [0.717, 1.165) is 16.9 Å². The molecule has 0 spiro atoms. The molecule has 3 aromatic rings. The summed E-state index contributed by atoms with van der Waals surface area (Å²) in [4.78, 5) is 33.8. The molecule has 1 aliphatic heterocycles. The van der Waals surface area contributed by atoms with Crippen LogP contribution in [0.15, 0.2) is 41.1 Å². The number of carbonyl (C=O) groups is 2. The Morgan fingerprint density at radius 2 is 1.78 bits per heavy atom. The SMILES string of the molecule is CCc1nc2c(C)cccn2c1C(=O)N1CCN(C(=O)c2ccco2)CC1. The molecule has 4 heterocycles. The highest BCUT2D eigenvalue weighted by Gasteiger charge is 2.29. The predicted octanol–water partition coefficient (Wildman–Crippen LogP) is 2.40. The predicted molar refractivity (Wildman–Crippen MR) is 99.8 cm³/mol. The first-order valence-electron chi connectivity index (χ1n) is 9.18. The summed E-state index contributed by atoms with van der Waals surface area (Å²) >= 11 is 0. The van der Waals surface area contributed by atoms with Crippen molar-refractivity contribution in [3.05, 3.63) is 59.4 Å². The fourth-order valence-corrected chi connectivity index (χ4v) is 3.54. The third-order valence-electron chi connectivity index (χ3n) is 5.04. The molecule has 0 bridgehead atoms. The fourth-order valence-electron chi connectivity index (χ4n) is 3.54. The zero-order valence-electron chi connectivity index (χ0n) is 15.5. The number of piperazine rings is 1. The van der Waals surface area contributed by atoms with Gasteiger partial charge in [-0.2, -0.15) is 0 Å². The second kappa shape index (κ2) is 6.90. The highest BCUT2D eigenvalue weighted by molar-refractivity contribution is 5.95. The summed E-state index contributed by atoms with van der Waals surface area (Å²) in [6.07, 6.45) is 4.07. The normalized spacial score (nSPS) is 14.7. The van der Waals surface area contributed by atoms with Crippen molar-refractivity contribution in [2.45, 2.75) is 20.3 Å². The first-order chi connectivity index (χ1) is 13.1. The third-order valence-corrected chi connectivity index (χ3v) is 5.04. The molecule has 4 rings (SSSR count). The third kappa shape index (κ3) is 2.99. The molecule has 140 valence electrons. The van der Waals surface area contributed by atoms with E-state index in [-0.39, 0.29) is 11.8 Å². The average molecular weight is 366 g/mol. The molecule has 1 fully saturated rings. The van der Waals surface area contributed by atoms with Gasteiger partial charge in [-0.1, -0.05) is 13.0 Å². The standard InChI is InChI=1S/C20H22N4O3/c1-3-15-17(24-8-4-6-14(2)18(24)21-15)20(26)23-11-9-22(10-12-23)19(25)16-7-5-13-27-16/h4-8,13H,3,9-12H2,1-2H3. The van der Waals surface area contributed by atoms with Gasteiger partial charge in [0.25, 0.3) is 11.8 Å². The highest BCUT2D eigenvalue weighted by Crippen LogP contribution is 2.19. The molecule has 0 N–H and O–H groups in total. The summed E-state index contributed by atoms with van der Waals surface area (Å²) in [6.45, 7) is 5.97. The van der Waals surface area contributed by atoms with Gasteiger partial charge in [0.05, 0.1) is 12.0 Å². The number of hydrogen-bond acceptors (Lipinski definition) is 4.